The molecule has 0 aromatic rings. The van der Waals surface area contributed by atoms with E-state index >= 15 is 0 Å². The highest BCUT2D eigenvalue weighted by molar-refractivity contribution is 5.86. The van der Waals surface area contributed by atoms with Crippen LogP contribution in [0.3, 0.4) is 0 Å². The third kappa shape index (κ3) is 2.55. The van der Waals surface area contributed by atoms with Crippen molar-refractivity contribution in [2.45, 2.75) is 59.3 Å². The van der Waals surface area contributed by atoms with Crippen LogP contribution in [0, 0.1) is 11.3 Å². The molecule has 76 valence electrons. The molecule has 0 heterocycles. The van der Waals surface area contributed by atoms with Crippen molar-refractivity contribution in [3.63, 3.8) is 0 Å². The molecule has 1 saturated carbocycles. The van der Waals surface area contributed by atoms with Gasteiger partial charge in [-0.15, -0.1) is 0 Å². The smallest absolute Gasteiger partial charge is 0.141 e. The highest BCUT2D eigenvalue weighted by Crippen LogP contribution is 2.37. The molecule has 1 heteroatoms. The van der Waals surface area contributed by atoms with E-state index in [4.69, 9.17) is 0 Å². The van der Waals surface area contributed by atoms with Gasteiger partial charge in [0, 0.05) is 11.3 Å². The van der Waals surface area contributed by atoms with E-state index in [2.05, 4.69) is 20.8 Å². The first kappa shape index (κ1) is 10.7. The molecule has 1 aliphatic rings. The molecule has 1 unspecified atom stereocenters. The molecule has 0 bridgehead atoms. The Hall–Kier alpha value is -0.330. The Morgan fingerprint density at radius 1 is 1.46 bits per heavy atom. The van der Waals surface area contributed by atoms with Gasteiger partial charge in [-0.3, -0.25) is 4.79 Å². The molecule has 0 aromatic carbocycles. The molecule has 0 spiro atoms. The van der Waals surface area contributed by atoms with Gasteiger partial charge in [0.05, 0.1) is 0 Å². The van der Waals surface area contributed by atoms with Gasteiger partial charge >= 0.3 is 0 Å². The molecule has 13 heavy (non-hydrogen) atoms. The average Bonchev–Trinajstić information content (AvgIpc) is 2.08. The van der Waals surface area contributed by atoms with Crippen LogP contribution in [0.1, 0.15) is 59.3 Å². The quantitative estimate of drug-likeness (QED) is 0.652. The number of rotatable bonds is 3. The maximum absolute atomic E-state index is 12.0. The molecule has 0 amide bonds. The maximum Gasteiger partial charge on any atom is 0.141 e. The van der Waals surface area contributed by atoms with E-state index in [-0.39, 0.29) is 5.41 Å². The van der Waals surface area contributed by atoms with Crippen LogP contribution >= 0.6 is 0 Å². The minimum Gasteiger partial charge on any atom is -0.299 e. The monoisotopic (exact) mass is 182 g/mol. The molecule has 0 aromatic heterocycles. The zero-order valence-corrected chi connectivity index (χ0v) is 9.23. The minimum absolute atomic E-state index is 0.0311. The van der Waals surface area contributed by atoms with Crippen molar-refractivity contribution >= 4 is 5.78 Å². The maximum atomic E-state index is 12.0. The van der Waals surface area contributed by atoms with Crippen LogP contribution in [-0.2, 0) is 4.79 Å². The summed E-state index contributed by atoms with van der Waals surface area (Å²) in [4.78, 5) is 12.0. The van der Waals surface area contributed by atoms with Crippen LogP contribution in [0.2, 0.25) is 0 Å². The van der Waals surface area contributed by atoms with Gasteiger partial charge in [0.15, 0.2) is 0 Å². The number of Topliss-reactive ketones (excluding diaryl/α,β-unsaturated/α-hetero) is 1. The molecule has 0 N–H and O–H groups in total. The summed E-state index contributed by atoms with van der Waals surface area (Å²) in [5.74, 6) is 0.899. The van der Waals surface area contributed by atoms with Crippen molar-refractivity contribution in [2.24, 2.45) is 11.3 Å². The lowest BCUT2D eigenvalue weighted by Crippen LogP contribution is -2.35. The van der Waals surface area contributed by atoms with E-state index in [1.54, 1.807) is 0 Å². The predicted molar refractivity (Wildman–Crippen MR) is 55.7 cm³/mol. The van der Waals surface area contributed by atoms with Crippen molar-refractivity contribution in [3.8, 4) is 0 Å². The first-order valence-electron chi connectivity index (χ1n) is 5.62. The van der Waals surface area contributed by atoms with Gasteiger partial charge in [-0.2, -0.15) is 0 Å². The molecule has 1 aliphatic carbocycles. The zero-order valence-electron chi connectivity index (χ0n) is 9.23. The summed E-state index contributed by atoms with van der Waals surface area (Å²) < 4.78 is 0. The first-order valence-corrected chi connectivity index (χ1v) is 5.62. The van der Waals surface area contributed by atoms with Crippen LogP contribution in [0.4, 0.5) is 0 Å². The van der Waals surface area contributed by atoms with Crippen molar-refractivity contribution in [3.05, 3.63) is 0 Å². The van der Waals surface area contributed by atoms with Gasteiger partial charge in [0.1, 0.15) is 5.78 Å². The summed E-state index contributed by atoms with van der Waals surface area (Å²) in [7, 11) is 0. The topological polar surface area (TPSA) is 17.1 Å². The Bertz CT molecular complexity index is 182. The highest BCUT2D eigenvalue weighted by atomic mass is 16.1. The fourth-order valence-electron chi connectivity index (χ4n) is 2.32. The average molecular weight is 182 g/mol. The van der Waals surface area contributed by atoms with Crippen molar-refractivity contribution in [2.75, 3.05) is 0 Å². The summed E-state index contributed by atoms with van der Waals surface area (Å²) >= 11 is 0. The number of hydrogen-bond acceptors (Lipinski definition) is 1. The Labute approximate surface area is 81.9 Å². The summed E-state index contributed by atoms with van der Waals surface area (Å²) in [6.45, 7) is 6.40. The van der Waals surface area contributed by atoms with Crippen LogP contribution in [0.15, 0.2) is 0 Å². The summed E-state index contributed by atoms with van der Waals surface area (Å²) in [5.41, 5.74) is -0.0311. The molecular formula is C12H22O. The van der Waals surface area contributed by atoms with E-state index in [0.29, 0.717) is 11.7 Å². The Morgan fingerprint density at radius 3 is 2.77 bits per heavy atom. The Morgan fingerprint density at radius 2 is 2.15 bits per heavy atom. The number of carbonyl (C=O) groups is 1. The van der Waals surface area contributed by atoms with Gasteiger partial charge in [-0.1, -0.05) is 40.0 Å². The van der Waals surface area contributed by atoms with Crippen LogP contribution < -0.4 is 0 Å². The van der Waals surface area contributed by atoms with E-state index in [9.17, 15) is 4.79 Å². The van der Waals surface area contributed by atoms with Crippen molar-refractivity contribution in [1.82, 2.24) is 0 Å². The Kier molecular flexibility index (Phi) is 3.52. The molecule has 1 nitrogen and oxygen atoms in total. The normalized spacial score (nSPS) is 27.6. The third-order valence-corrected chi connectivity index (χ3v) is 3.30. The minimum atomic E-state index is -0.0311. The largest absolute Gasteiger partial charge is 0.299 e. The van der Waals surface area contributed by atoms with Gasteiger partial charge in [-0.25, -0.2) is 0 Å². The zero-order chi connectivity index (χ0) is 9.90. The highest BCUT2D eigenvalue weighted by Gasteiger charge is 2.36. The molecule has 1 atom stereocenters. The number of hydrogen-bond donors (Lipinski definition) is 0. The molecule has 1 fully saturated rings. The van der Waals surface area contributed by atoms with Gasteiger partial charge in [-0.05, 0) is 19.3 Å². The summed E-state index contributed by atoms with van der Waals surface area (Å²) in [6, 6.07) is 0. The third-order valence-electron chi connectivity index (χ3n) is 3.30. The molecule has 0 radical (unpaired) electrons. The lowest BCUT2D eigenvalue weighted by molar-refractivity contribution is -0.134. The van der Waals surface area contributed by atoms with E-state index < -0.39 is 0 Å². The predicted octanol–water partition coefficient (Wildman–Crippen LogP) is 3.57. The van der Waals surface area contributed by atoms with Gasteiger partial charge in [0.25, 0.3) is 0 Å². The van der Waals surface area contributed by atoms with Crippen LogP contribution in [0.5, 0.6) is 0 Å². The van der Waals surface area contributed by atoms with Crippen molar-refractivity contribution in [1.29, 1.82) is 0 Å². The second kappa shape index (κ2) is 4.26. The number of ketones is 1. The standard InChI is InChI=1S/C12H22O/c1-4-5-7-10-8-6-9-12(2,3)11(10)13/h10H,4-9H2,1-3H3. The van der Waals surface area contributed by atoms with Gasteiger partial charge in [0.2, 0.25) is 0 Å². The lowest BCUT2D eigenvalue weighted by Gasteiger charge is -2.33. The van der Waals surface area contributed by atoms with E-state index in [1.165, 1.54) is 19.3 Å². The van der Waals surface area contributed by atoms with Gasteiger partial charge < -0.3 is 0 Å². The molecule has 0 aliphatic heterocycles. The lowest BCUT2D eigenvalue weighted by atomic mass is 9.70. The second-order valence-electron chi connectivity index (χ2n) is 4.98. The molecule has 1 rings (SSSR count). The van der Waals surface area contributed by atoms with Crippen LogP contribution in [0.25, 0.3) is 0 Å². The van der Waals surface area contributed by atoms with E-state index in [1.807, 2.05) is 0 Å². The molecular weight excluding hydrogens is 160 g/mol. The summed E-state index contributed by atoms with van der Waals surface area (Å²) in [5, 5.41) is 0. The first-order chi connectivity index (χ1) is 6.08. The number of unbranched alkanes of at least 4 members (excludes halogenated alkanes) is 1. The van der Waals surface area contributed by atoms with Crippen molar-refractivity contribution < 1.29 is 4.79 Å². The van der Waals surface area contributed by atoms with Crippen LogP contribution in [-0.4, -0.2) is 5.78 Å². The number of carbonyl (C=O) groups excluding carboxylic acids is 1. The fourth-order valence-corrected chi connectivity index (χ4v) is 2.32. The molecule has 0 saturated heterocycles. The Balaban J connectivity index is 2.51. The second-order valence-corrected chi connectivity index (χ2v) is 4.98. The fraction of sp³-hybridized carbons (Fsp3) is 0.917. The summed E-state index contributed by atoms with van der Waals surface area (Å²) in [6.07, 6.45) is 7.03. The van der Waals surface area contributed by atoms with E-state index in [0.717, 1.165) is 19.3 Å². The SMILES string of the molecule is CCCCC1CCCC(C)(C)C1=O.